The number of hydrogen-bond donors (Lipinski definition) is 1. The summed E-state index contributed by atoms with van der Waals surface area (Å²) in [5.41, 5.74) is 6.56. The summed E-state index contributed by atoms with van der Waals surface area (Å²) in [6.45, 7) is 1.09. The summed E-state index contributed by atoms with van der Waals surface area (Å²) in [4.78, 5) is 15.2. The minimum Gasteiger partial charge on any atom is -0.368 e. The Morgan fingerprint density at radius 2 is 1.91 bits per heavy atom. The maximum absolute atomic E-state index is 12.7. The van der Waals surface area contributed by atoms with Gasteiger partial charge in [-0.1, -0.05) is 36.4 Å². The molecule has 0 aliphatic carbocycles. The summed E-state index contributed by atoms with van der Waals surface area (Å²) < 4.78 is 0. The molecule has 0 radical (unpaired) electrons. The number of carbonyl (C=O) groups is 1. The van der Waals surface area contributed by atoms with Crippen LogP contribution in [0.25, 0.3) is 11.1 Å². The fourth-order valence-corrected chi connectivity index (χ4v) is 4.34. The summed E-state index contributed by atoms with van der Waals surface area (Å²) in [5.74, 6) is 0.0486. The lowest BCUT2D eigenvalue weighted by atomic mass is 9.91. The van der Waals surface area contributed by atoms with Crippen molar-refractivity contribution in [3.8, 4) is 0 Å². The van der Waals surface area contributed by atoms with E-state index in [-0.39, 0.29) is 5.91 Å². The fraction of sp³-hybridized carbons (Fsp3) is 0.250. The van der Waals surface area contributed by atoms with Gasteiger partial charge in [-0.25, -0.2) is 0 Å². The van der Waals surface area contributed by atoms with Gasteiger partial charge in [0.15, 0.2) is 0 Å². The number of benzene rings is 2. The maximum atomic E-state index is 12.7. The number of carbonyl (C=O) groups excluding carboxylic acids is 1. The SMILES string of the molecule is O=C1Nc2cccc3c2C1=C(c1ccccc1)CC1CCCN31. The Kier molecular flexibility index (Phi) is 2.66. The first-order valence-electron chi connectivity index (χ1n) is 8.33. The van der Waals surface area contributed by atoms with Crippen LogP contribution < -0.4 is 10.2 Å². The van der Waals surface area contributed by atoms with Gasteiger partial charge < -0.3 is 10.2 Å². The summed E-state index contributed by atoms with van der Waals surface area (Å²) in [7, 11) is 0. The van der Waals surface area contributed by atoms with Crippen LogP contribution in [-0.4, -0.2) is 18.5 Å². The molecule has 1 saturated heterocycles. The van der Waals surface area contributed by atoms with Crippen LogP contribution >= 0.6 is 0 Å². The van der Waals surface area contributed by atoms with Crippen molar-refractivity contribution in [3.05, 3.63) is 59.7 Å². The highest BCUT2D eigenvalue weighted by atomic mass is 16.2. The van der Waals surface area contributed by atoms with Crippen molar-refractivity contribution in [1.29, 1.82) is 0 Å². The van der Waals surface area contributed by atoms with E-state index in [9.17, 15) is 4.79 Å². The molecule has 1 amide bonds. The van der Waals surface area contributed by atoms with Crippen molar-refractivity contribution in [2.75, 3.05) is 16.8 Å². The second-order valence-corrected chi connectivity index (χ2v) is 6.57. The third kappa shape index (κ3) is 1.79. The zero-order valence-corrected chi connectivity index (χ0v) is 12.9. The van der Waals surface area contributed by atoms with E-state index in [4.69, 9.17) is 0 Å². The van der Waals surface area contributed by atoms with Crippen LogP contribution in [0.5, 0.6) is 0 Å². The van der Waals surface area contributed by atoms with Crippen molar-refractivity contribution in [3.63, 3.8) is 0 Å². The molecule has 1 N–H and O–H groups in total. The van der Waals surface area contributed by atoms with E-state index in [0.29, 0.717) is 6.04 Å². The van der Waals surface area contributed by atoms with Crippen LogP contribution in [0.15, 0.2) is 48.5 Å². The molecule has 2 aromatic carbocycles. The molecule has 0 bridgehead atoms. The molecule has 3 aliphatic rings. The van der Waals surface area contributed by atoms with E-state index in [1.54, 1.807) is 0 Å². The Morgan fingerprint density at radius 1 is 1.04 bits per heavy atom. The molecule has 0 saturated carbocycles. The number of nitrogens with one attached hydrogen (secondary N) is 1. The minimum atomic E-state index is 0.0486. The monoisotopic (exact) mass is 302 g/mol. The van der Waals surface area contributed by atoms with E-state index in [2.05, 4.69) is 46.6 Å². The van der Waals surface area contributed by atoms with Crippen molar-refractivity contribution in [2.45, 2.75) is 25.3 Å². The van der Waals surface area contributed by atoms with Gasteiger partial charge in [0.1, 0.15) is 0 Å². The molecule has 23 heavy (non-hydrogen) atoms. The number of hydrogen-bond acceptors (Lipinski definition) is 2. The highest BCUT2D eigenvalue weighted by Gasteiger charge is 2.38. The molecule has 5 rings (SSSR count). The second kappa shape index (κ2) is 4.72. The predicted molar refractivity (Wildman–Crippen MR) is 93.3 cm³/mol. The Bertz CT molecular complexity index is 838. The van der Waals surface area contributed by atoms with Crippen molar-refractivity contribution < 1.29 is 4.79 Å². The number of anilines is 2. The predicted octanol–water partition coefficient (Wildman–Crippen LogP) is 3.92. The van der Waals surface area contributed by atoms with Crippen LogP contribution in [-0.2, 0) is 4.79 Å². The van der Waals surface area contributed by atoms with Crippen LogP contribution in [0.2, 0.25) is 0 Å². The first-order chi connectivity index (χ1) is 11.3. The minimum absolute atomic E-state index is 0.0486. The van der Waals surface area contributed by atoms with Gasteiger partial charge >= 0.3 is 0 Å². The van der Waals surface area contributed by atoms with E-state index < -0.39 is 0 Å². The van der Waals surface area contributed by atoms with Crippen LogP contribution in [0.3, 0.4) is 0 Å². The lowest BCUT2D eigenvalue weighted by molar-refractivity contribution is -0.110. The van der Waals surface area contributed by atoms with Gasteiger partial charge in [-0.3, -0.25) is 4.79 Å². The molecule has 3 nitrogen and oxygen atoms in total. The highest BCUT2D eigenvalue weighted by Crippen LogP contribution is 2.48. The zero-order valence-electron chi connectivity index (χ0n) is 12.9. The molecule has 0 spiro atoms. The molecular formula is C20H18N2O. The van der Waals surface area contributed by atoms with Gasteiger partial charge in [0, 0.05) is 23.8 Å². The highest BCUT2D eigenvalue weighted by molar-refractivity contribution is 6.38. The van der Waals surface area contributed by atoms with Gasteiger partial charge in [-0.15, -0.1) is 0 Å². The Hall–Kier alpha value is -2.55. The van der Waals surface area contributed by atoms with Crippen molar-refractivity contribution >= 4 is 28.4 Å². The Labute approximate surface area is 135 Å². The van der Waals surface area contributed by atoms with Gasteiger partial charge in [-0.2, -0.15) is 0 Å². The molecular weight excluding hydrogens is 284 g/mol. The Morgan fingerprint density at radius 3 is 2.78 bits per heavy atom. The number of nitrogens with zero attached hydrogens (tertiary/aromatic N) is 1. The number of rotatable bonds is 1. The third-order valence-corrected chi connectivity index (χ3v) is 5.32. The molecule has 114 valence electrons. The fourth-order valence-electron chi connectivity index (χ4n) is 4.34. The van der Waals surface area contributed by atoms with Gasteiger partial charge in [-0.05, 0) is 42.5 Å². The summed E-state index contributed by atoms with van der Waals surface area (Å²) >= 11 is 0. The van der Waals surface area contributed by atoms with E-state index in [1.807, 2.05) is 12.1 Å². The number of amides is 1. The molecule has 1 unspecified atom stereocenters. The molecule has 3 heteroatoms. The number of fused-ring (bicyclic) bond motifs is 2. The third-order valence-electron chi connectivity index (χ3n) is 5.32. The summed E-state index contributed by atoms with van der Waals surface area (Å²) in [5, 5.41) is 3.06. The largest absolute Gasteiger partial charge is 0.368 e. The standard InChI is InChI=1S/C20H18N2O/c23-20-18-15(13-6-2-1-3-7-13)12-14-8-5-11-22(14)17-10-4-9-16(21-20)19(17)18/h1-4,6-7,9-10,14H,5,8,11-12H2,(H,21,23). The Balaban J connectivity index is 1.82. The first-order valence-corrected chi connectivity index (χ1v) is 8.33. The molecule has 1 atom stereocenters. The second-order valence-electron chi connectivity index (χ2n) is 6.57. The smallest absolute Gasteiger partial charge is 0.256 e. The van der Waals surface area contributed by atoms with Crippen LogP contribution in [0.4, 0.5) is 11.4 Å². The summed E-state index contributed by atoms with van der Waals surface area (Å²) in [6, 6.07) is 17.1. The van der Waals surface area contributed by atoms with Gasteiger partial charge in [0.05, 0.1) is 11.3 Å². The molecule has 3 aliphatic heterocycles. The van der Waals surface area contributed by atoms with Crippen LogP contribution in [0, 0.1) is 0 Å². The maximum Gasteiger partial charge on any atom is 0.256 e. The molecule has 1 fully saturated rings. The molecule has 2 aromatic rings. The molecule has 0 aromatic heterocycles. The van der Waals surface area contributed by atoms with Gasteiger partial charge in [0.25, 0.3) is 5.91 Å². The average molecular weight is 302 g/mol. The first kappa shape index (κ1) is 12.9. The van der Waals surface area contributed by atoms with Crippen molar-refractivity contribution in [2.24, 2.45) is 0 Å². The average Bonchev–Trinajstić information content (AvgIpc) is 3.13. The normalized spacial score (nSPS) is 21.8. The van der Waals surface area contributed by atoms with E-state index in [0.717, 1.165) is 29.8 Å². The topological polar surface area (TPSA) is 32.3 Å². The van der Waals surface area contributed by atoms with Gasteiger partial charge in [0.2, 0.25) is 0 Å². The summed E-state index contributed by atoms with van der Waals surface area (Å²) in [6.07, 6.45) is 3.38. The van der Waals surface area contributed by atoms with E-state index >= 15 is 0 Å². The van der Waals surface area contributed by atoms with Crippen molar-refractivity contribution in [1.82, 2.24) is 0 Å². The van der Waals surface area contributed by atoms with Crippen LogP contribution in [0.1, 0.15) is 30.4 Å². The quantitative estimate of drug-likeness (QED) is 0.866. The lowest BCUT2D eigenvalue weighted by Crippen LogP contribution is -2.28. The molecule has 3 heterocycles. The zero-order chi connectivity index (χ0) is 15.4. The van der Waals surface area contributed by atoms with E-state index in [1.165, 1.54) is 29.7 Å². The lowest BCUT2D eigenvalue weighted by Gasteiger charge is -2.26.